The van der Waals surface area contributed by atoms with Crippen molar-refractivity contribution in [2.75, 3.05) is 26.9 Å². The average Bonchev–Trinajstić information content (AvgIpc) is 3.11. The van der Waals surface area contributed by atoms with Gasteiger partial charge in [-0.05, 0) is 75.0 Å². The van der Waals surface area contributed by atoms with Gasteiger partial charge in [-0.15, -0.1) is 0 Å². The molecule has 1 aromatic rings. The van der Waals surface area contributed by atoms with E-state index in [4.69, 9.17) is 33.5 Å². The molecule has 1 rings (SSSR count). The summed E-state index contributed by atoms with van der Waals surface area (Å²) >= 11 is 0. The number of hydrogen-bond donors (Lipinski definition) is 1. The van der Waals surface area contributed by atoms with Gasteiger partial charge in [-0.1, -0.05) is 38.1 Å². The van der Waals surface area contributed by atoms with Crippen LogP contribution >= 0.6 is 0 Å². The molecule has 0 aromatic heterocycles. The van der Waals surface area contributed by atoms with Gasteiger partial charge < -0.3 is 33.5 Å². The number of aliphatic hydroxyl groups is 1. The van der Waals surface area contributed by atoms with Gasteiger partial charge in [0.15, 0.2) is 5.78 Å². The lowest BCUT2D eigenvalue weighted by atomic mass is 10.0. The Bertz CT molecular complexity index is 1280. The lowest BCUT2D eigenvalue weighted by Gasteiger charge is -2.12. The zero-order valence-corrected chi connectivity index (χ0v) is 30.5. The van der Waals surface area contributed by atoms with E-state index in [1.807, 2.05) is 20.8 Å². The van der Waals surface area contributed by atoms with E-state index in [1.54, 1.807) is 31.4 Å². The van der Waals surface area contributed by atoms with Gasteiger partial charge in [-0.25, -0.2) is 14.4 Å². The van der Waals surface area contributed by atoms with Gasteiger partial charge in [-0.3, -0.25) is 14.4 Å². The zero-order chi connectivity index (χ0) is 38.0. The number of ketones is 1. The molecule has 0 bridgehead atoms. The maximum Gasteiger partial charge on any atom is 0.331 e. The van der Waals surface area contributed by atoms with Crippen LogP contribution in [-0.4, -0.2) is 79.9 Å². The summed E-state index contributed by atoms with van der Waals surface area (Å²) < 4.78 is 30.7. The molecular weight excluding hydrogens is 664 g/mol. The van der Waals surface area contributed by atoms with E-state index in [-0.39, 0.29) is 81.5 Å². The van der Waals surface area contributed by atoms with Crippen molar-refractivity contribution in [1.29, 1.82) is 0 Å². The van der Waals surface area contributed by atoms with Crippen molar-refractivity contribution in [2.24, 2.45) is 11.8 Å². The van der Waals surface area contributed by atoms with Crippen LogP contribution in [0.1, 0.15) is 90.2 Å². The molecule has 13 heteroatoms. The number of allylic oxidation sites excluding steroid dienone is 1. The Hall–Kier alpha value is -4.36. The third-order valence-electron chi connectivity index (χ3n) is 7.64. The van der Waals surface area contributed by atoms with Crippen LogP contribution < -0.4 is 0 Å². The maximum atomic E-state index is 12.2. The van der Waals surface area contributed by atoms with Gasteiger partial charge >= 0.3 is 29.8 Å². The number of aliphatic hydroxyl groups excluding tert-OH is 1. The van der Waals surface area contributed by atoms with Crippen LogP contribution in [0.5, 0.6) is 0 Å². The minimum absolute atomic E-state index is 0.0271. The highest BCUT2D eigenvalue weighted by atomic mass is 16.6. The van der Waals surface area contributed by atoms with Crippen LogP contribution in [0.3, 0.4) is 0 Å². The van der Waals surface area contributed by atoms with Gasteiger partial charge in [0.2, 0.25) is 0 Å². The Morgan fingerprint density at radius 1 is 0.588 bits per heavy atom. The minimum atomic E-state index is -0.797. The second-order valence-corrected chi connectivity index (χ2v) is 12.5. The monoisotopic (exact) mass is 718 g/mol. The van der Waals surface area contributed by atoms with Gasteiger partial charge in [0, 0.05) is 44.6 Å². The summed E-state index contributed by atoms with van der Waals surface area (Å²) in [5.74, 6) is -2.67. The van der Waals surface area contributed by atoms with Crippen LogP contribution in [0.4, 0.5) is 0 Å². The summed E-state index contributed by atoms with van der Waals surface area (Å²) in [6.07, 6.45) is 6.94. The molecule has 1 N–H and O–H groups in total. The molecule has 0 heterocycles. The molecule has 4 atom stereocenters. The van der Waals surface area contributed by atoms with Crippen LogP contribution in [0.25, 0.3) is 0 Å². The molecule has 13 nitrogen and oxygen atoms in total. The fraction of sp³-hybridized carbons (Fsp3) is 0.579. The molecule has 0 fully saturated rings. The summed E-state index contributed by atoms with van der Waals surface area (Å²) in [5.41, 5.74) is 1.58. The van der Waals surface area contributed by atoms with Crippen LogP contribution in [0.15, 0.2) is 48.6 Å². The minimum Gasteiger partial charge on any atom is -0.463 e. The third kappa shape index (κ3) is 24.4. The molecule has 4 unspecified atom stereocenters. The second kappa shape index (κ2) is 26.4. The van der Waals surface area contributed by atoms with E-state index in [1.165, 1.54) is 13.0 Å². The van der Waals surface area contributed by atoms with Gasteiger partial charge in [0.1, 0.15) is 19.8 Å². The number of ether oxygens (including phenoxy) is 6. The second-order valence-electron chi connectivity index (χ2n) is 12.5. The zero-order valence-electron chi connectivity index (χ0n) is 30.5. The third-order valence-corrected chi connectivity index (χ3v) is 7.64. The Balaban J connectivity index is 2.19. The molecule has 0 aliphatic heterocycles. The Labute approximate surface area is 300 Å². The predicted octanol–water partition coefficient (Wildman–Crippen LogP) is 4.89. The highest BCUT2D eigenvalue weighted by Crippen LogP contribution is 2.14. The summed E-state index contributed by atoms with van der Waals surface area (Å²) in [7, 11) is 1.58. The molecule has 0 saturated carbocycles. The Morgan fingerprint density at radius 2 is 1.02 bits per heavy atom. The number of rotatable bonds is 26. The van der Waals surface area contributed by atoms with Crippen molar-refractivity contribution < 1.29 is 62.3 Å². The van der Waals surface area contributed by atoms with E-state index in [9.17, 15) is 28.8 Å². The van der Waals surface area contributed by atoms with Crippen LogP contribution in [0, 0.1) is 11.8 Å². The topological polar surface area (TPSA) is 178 Å². The summed E-state index contributed by atoms with van der Waals surface area (Å²) in [4.78, 5) is 71.2. The maximum absolute atomic E-state index is 12.2. The fourth-order valence-electron chi connectivity index (χ4n) is 4.13. The predicted molar refractivity (Wildman–Crippen MR) is 186 cm³/mol. The van der Waals surface area contributed by atoms with Gasteiger partial charge in [0.25, 0.3) is 0 Å². The molecule has 284 valence electrons. The van der Waals surface area contributed by atoms with E-state index in [0.29, 0.717) is 38.5 Å². The first-order valence-electron chi connectivity index (χ1n) is 17.3. The molecule has 0 spiro atoms. The molecular formula is C38H54O13. The average molecular weight is 719 g/mol. The molecule has 1 aromatic carbocycles. The molecule has 0 radical (unpaired) electrons. The first-order valence-corrected chi connectivity index (χ1v) is 17.3. The highest BCUT2D eigenvalue weighted by molar-refractivity contribution is 5.95. The lowest BCUT2D eigenvalue weighted by molar-refractivity contribution is -0.146. The van der Waals surface area contributed by atoms with Crippen molar-refractivity contribution in [3.63, 3.8) is 0 Å². The number of carbonyl (C=O) groups is 6. The molecule has 0 amide bonds. The Morgan fingerprint density at radius 3 is 1.45 bits per heavy atom. The fourth-order valence-corrected chi connectivity index (χ4v) is 4.13. The van der Waals surface area contributed by atoms with Crippen molar-refractivity contribution in [1.82, 2.24) is 0 Å². The van der Waals surface area contributed by atoms with Crippen molar-refractivity contribution in [3.8, 4) is 0 Å². The van der Waals surface area contributed by atoms with Crippen molar-refractivity contribution >= 4 is 35.6 Å². The number of hydrogen-bond acceptors (Lipinski definition) is 13. The normalized spacial score (nSPS) is 13.6. The van der Waals surface area contributed by atoms with Crippen LogP contribution in [-0.2, 0) is 70.4 Å². The first-order chi connectivity index (χ1) is 24.3. The number of benzene rings is 1. The van der Waals surface area contributed by atoms with E-state index >= 15 is 0 Å². The van der Waals surface area contributed by atoms with Gasteiger partial charge in [-0.2, -0.15) is 0 Å². The molecule has 0 saturated heterocycles. The highest BCUT2D eigenvalue weighted by Gasteiger charge is 2.12. The molecule has 51 heavy (non-hydrogen) atoms. The number of esters is 5. The quantitative estimate of drug-likeness (QED) is 0.0778. The van der Waals surface area contributed by atoms with E-state index < -0.39 is 24.0 Å². The number of methoxy groups -OCH3 is 1. The summed E-state index contributed by atoms with van der Waals surface area (Å²) in [6, 6.07) is 7.19. The largest absolute Gasteiger partial charge is 0.463 e. The van der Waals surface area contributed by atoms with Crippen molar-refractivity contribution in [3.05, 3.63) is 59.7 Å². The van der Waals surface area contributed by atoms with E-state index in [2.05, 4.69) is 0 Å². The summed E-state index contributed by atoms with van der Waals surface area (Å²) in [6.45, 7) is 7.57. The SMILES string of the molecule is COC(C)CCC(=O)/C=C/C(=O)OCCC(C)CCC(=O)OCc1ccc(COC(=O)CCC(C)CCOC(=O)/C=C/C(=O)OCC(C)O)cc1. The standard InChI is InChI=1S/C38H54O13/c1-27(20-22-47-34(41)17-14-33(40)13-8-30(4)46-5)6-15-36(43)50-25-31-9-11-32(12-10-31)26-51-37(44)16-7-28(2)21-23-48-35(42)18-19-38(45)49-24-29(3)39/h9-12,14,17-19,27-30,39H,6-8,13,15-16,20-26H2,1-5H3/b17-14+,19-18+. The lowest BCUT2D eigenvalue weighted by Crippen LogP contribution is -2.14. The summed E-state index contributed by atoms with van der Waals surface area (Å²) in [5, 5.41) is 9.08. The smallest absolute Gasteiger partial charge is 0.331 e. The number of carbonyl (C=O) groups excluding carboxylic acids is 6. The first kappa shape index (κ1) is 44.7. The molecule has 0 aliphatic rings. The van der Waals surface area contributed by atoms with E-state index in [0.717, 1.165) is 29.4 Å². The van der Waals surface area contributed by atoms with Crippen molar-refractivity contribution in [2.45, 2.75) is 104 Å². The van der Waals surface area contributed by atoms with Crippen LogP contribution in [0.2, 0.25) is 0 Å². The van der Waals surface area contributed by atoms with Gasteiger partial charge in [0.05, 0.1) is 25.4 Å². The molecule has 0 aliphatic carbocycles. The Kier molecular flexibility index (Phi) is 23.2.